The molecule has 2 saturated heterocycles. The van der Waals surface area contributed by atoms with Gasteiger partial charge in [-0.15, -0.1) is 11.3 Å². The Balaban J connectivity index is 1.21. The van der Waals surface area contributed by atoms with Crippen LogP contribution in [-0.4, -0.2) is 48.0 Å². The Morgan fingerprint density at radius 1 is 1.00 bits per heavy atom. The summed E-state index contributed by atoms with van der Waals surface area (Å²) in [6, 6.07) is 14.8. The minimum atomic E-state index is -0.207. The molecule has 5 rings (SSSR count). The van der Waals surface area contributed by atoms with Crippen molar-refractivity contribution in [3.05, 3.63) is 69.7 Å². The number of benzene rings is 2. The Morgan fingerprint density at radius 2 is 1.76 bits per heavy atom. The summed E-state index contributed by atoms with van der Waals surface area (Å²) in [6.07, 6.45) is 0.742. The van der Waals surface area contributed by atoms with Gasteiger partial charge in [-0.05, 0) is 57.4 Å². The number of hydrogen-bond acceptors (Lipinski definition) is 6. The fourth-order valence-electron chi connectivity index (χ4n) is 4.99. The molecule has 0 radical (unpaired) electrons. The molecule has 7 heteroatoms. The number of carbonyl (C=O) groups excluding carboxylic acids is 1. The standard InChI is InChI=1S/C27H33N5OS/c1-17-7-5-9-21(15-17)26-28-20(4)25(34-26)22-16-23(30-29-22)27(33)32-13-11-31(12-14-32)24-10-6-8-18(2)19(24)3/h5-10,15,22-23,29-30H,11-14,16H2,1-4H3. The lowest BCUT2D eigenvalue weighted by Crippen LogP contribution is -2.53. The van der Waals surface area contributed by atoms with Crippen LogP contribution in [0.1, 0.15) is 39.7 Å². The first kappa shape index (κ1) is 23.0. The monoisotopic (exact) mass is 475 g/mol. The summed E-state index contributed by atoms with van der Waals surface area (Å²) in [6.45, 7) is 11.8. The van der Waals surface area contributed by atoms with E-state index >= 15 is 0 Å². The smallest absolute Gasteiger partial charge is 0.241 e. The van der Waals surface area contributed by atoms with Crippen molar-refractivity contribution in [3.8, 4) is 10.6 Å². The summed E-state index contributed by atoms with van der Waals surface area (Å²) in [5.74, 6) is 0.191. The third-order valence-corrected chi connectivity index (χ3v) is 8.44. The first-order valence-electron chi connectivity index (χ1n) is 12.1. The van der Waals surface area contributed by atoms with E-state index in [1.54, 1.807) is 11.3 Å². The Kier molecular flexibility index (Phi) is 6.42. The maximum atomic E-state index is 13.3. The van der Waals surface area contributed by atoms with Gasteiger partial charge in [-0.3, -0.25) is 4.79 Å². The summed E-state index contributed by atoms with van der Waals surface area (Å²) < 4.78 is 0. The SMILES string of the molecule is Cc1cccc(-c2nc(C)c(C3CC(C(=O)N4CCN(c5cccc(C)c5C)CC4)NN3)s2)c1. The zero-order valence-electron chi connectivity index (χ0n) is 20.4. The molecular weight excluding hydrogens is 442 g/mol. The summed E-state index contributed by atoms with van der Waals surface area (Å²) in [4.78, 5) is 23.7. The number of carbonyl (C=O) groups is 1. The van der Waals surface area contributed by atoms with E-state index in [9.17, 15) is 4.79 Å². The summed E-state index contributed by atoms with van der Waals surface area (Å²) >= 11 is 1.72. The highest BCUT2D eigenvalue weighted by Crippen LogP contribution is 2.35. The van der Waals surface area contributed by atoms with Gasteiger partial charge in [0, 0.05) is 42.3 Å². The number of amides is 1. The van der Waals surface area contributed by atoms with Crippen LogP contribution < -0.4 is 15.8 Å². The van der Waals surface area contributed by atoms with Crippen LogP contribution >= 0.6 is 11.3 Å². The third kappa shape index (κ3) is 4.48. The molecule has 3 aromatic rings. The van der Waals surface area contributed by atoms with Crippen LogP contribution in [0.4, 0.5) is 5.69 Å². The molecule has 0 bridgehead atoms. The lowest BCUT2D eigenvalue weighted by atomic mass is 10.1. The molecule has 3 heterocycles. The van der Waals surface area contributed by atoms with Crippen molar-refractivity contribution in [2.75, 3.05) is 31.1 Å². The number of nitrogens with one attached hydrogen (secondary N) is 2. The summed E-state index contributed by atoms with van der Waals surface area (Å²) in [7, 11) is 0. The van der Waals surface area contributed by atoms with Crippen molar-refractivity contribution < 1.29 is 4.79 Å². The van der Waals surface area contributed by atoms with Gasteiger partial charge in [-0.1, -0.05) is 35.9 Å². The lowest BCUT2D eigenvalue weighted by Gasteiger charge is -2.38. The summed E-state index contributed by atoms with van der Waals surface area (Å²) in [5, 5.41) is 1.04. The number of rotatable bonds is 4. The van der Waals surface area contributed by atoms with Gasteiger partial charge in [0.15, 0.2) is 0 Å². The second-order valence-electron chi connectivity index (χ2n) is 9.50. The van der Waals surface area contributed by atoms with E-state index < -0.39 is 0 Å². The van der Waals surface area contributed by atoms with Crippen LogP contribution in [-0.2, 0) is 4.79 Å². The van der Waals surface area contributed by atoms with Crippen LogP contribution in [0.15, 0.2) is 42.5 Å². The van der Waals surface area contributed by atoms with Crippen molar-refractivity contribution >= 4 is 22.9 Å². The number of thiazole rings is 1. The van der Waals surface area contributed by atoms with Gasteiger partial charge in [-0.25, -0.2) is 15.8 Å². The Hall–Kier alpha value is -2.74. The number of aromatic nitrogens is 1. The van der Waals surface area contributed by atoms with E-state index in [-0.39, 0.29) is 18.0 Å². The van der Waals surface area contributed by atoms with Gasteiger partial charge in [-0.2, -0.15) is 0 Å². The highest BCUT2D eigenvalue weighted by Gasteiger charge is 2.35. The van der Waals surface area contributed by atoms with Gasteiger partial charge in [0.1, 0.15) is 11.0 Å². The zero-order chi connectivity index (χ0) is 23.8. The van der Waals surface area contributed by atoms with Gasteiger partial charge in [0.05, 0.1) is 11.7 Å². The number of anilines is 1. The number of hydrogen-bond donors (Lipinski definition) is 2. The molecule has 0 saturated carbocycles. The first-order chi connectivity index (χ1) is 16.4. The predicted molar refractivity (Wildman–Crippen MR) is 139 cm³/mol. The molecule has 2 fully saturated rings. The minimum Gasteiger partial charge on any atom is -0.368 e. The molecule has 2 aliphatic heterocycles. The van der Waals surface area contributed by atoms with Crippen LogP contribution in [0.5, 0.6) is 0 Å². The molecular formula is C27H33N5OS. The largest absolute Gasteiger partial charge is 0.368 e. The molecule has 34 heavy (non-hydrogen) atoms. The molecule has 2 aliphatic rings. The molecule has 6 nitrogen and oxygen atoms in total. The van der Waals surface area contributed by atoms with Crippen LogP contribution in [0.25, 0.3) is 10.6 Å². The fourth-order valence-corrected chi connectivity index (χ4v) is 6.12. The van der Waals surface area contributed by atoms with Gasteiger partial charge in [0.2, 0.25) is 5.91 Å². The van der Waals surface area contributed by atoms with Crippen molar-refractivity contribution in [1.82, 2.24) is 20.7 Å². The molecule has 2 unspecified atom stereocenters. The van der Waals surface area contributed by atoms with Crippen LogP contribution in [0.2, 0.25) is 0 Å². The fraction of sp³-hybridized carbons (Fsp3) is 0.407. The van der Waals surface area contributed by atoms with Crippen molar-refractivity contribution in [3.63, 3.8) is 0 Å². The quantitative estimate of drug-likeness (QED) is 0.589. The van der Waals surface area contributed by atoms with E-state index in [0.717, 1.165) is 48.9 Å². The van der Waals surface area contributed by atoms with Crippen LogP contribution in [0, 0.1) is 27.7 Å². The van der Waals surface area contributed by atoms with E-state index in [0.29, 0.717) is 0 Å². The number of nitrogens with zero attached hydrogens (tertiary/aromatic N) is 3. The van der Waals surface area contributed by atoms with E-state index in [1.165, 1.54) is 27.3 Å². The predicted octanol–water partition coefficient (Wildman–Crippen LogP) is 4.30. The Labute approximate surface area is 206 Å². The van der Waals surface area contributed by atoms with Crippen molar-refractivity contribution in [2.45, 2.75) is 46.2 Å². The number of hydrazine groups is 1. The lowest BCUT2D eigenvalue weighted by molar-refractivity contribution is -0.133. The molecule has 2 aromatic carbocycles. The average molecular weight is 476 g/mol. The van der Waals surface area contributed by atoms with Gasteiger partial charge in [0.25, 0.3) is 0 Å². The maximum absolute atomic E-state index is 13.3. The van der Waals surface area contributed by atoms with E-state index in [2.05, 4.69) is 85.9 Å². The first-order valence-corrected chi connectivity index (χ1v) is 12.9. The topological polar surface area (TPSA) is 60.5 Å². The normalized spacial score (nSPS) is 20.7. The highest BCUT2D eigenvalue weighted by atomic mass is 32.1. The van der Waals surface area contributed by atoms with Crippen molar-refractivity contribution in [1.29, 1.82) is 0 Å². The second kappa shape index (κ2) is 9.49. The van der Waals surface area contributed by atoms with Gasteiger partial charge >= 0.3 is 0 Å². The molecule has 1 aromatic heterocycles. The molecule has 1 amide bonds. The molecule has 2 atom stereocenters. The Morgan fingerprint density at radius 3 is 2.53 bits per heavy atom. The number of aryl methyl sites for hydroxylation is 3. The van der Waals surface area contributed by atoms with Crippen LogP contribution in [0.3, 0.4) is 0 Å². The summed E-state index contributed by atoms with van der Waals surface area (Å²) in [5.41, 5.74) is 14.0. The molecule has 2 N–H and O–H groups in total. The van der Waals surface area contributed by atoms with Gasteiger partial charge < -0.3 is 9.80 Å². The average Bonchev–Trinajstić information content (AvgIpc) is 3.47. The van der Waals surface area contributed by atoms with Crippen molar-refractivity contribution in [2.24, 2.45) is 0 Å². The third-order valence-electron chi connectivity index (χ3n) is 7.12. The minimum absolute atomic E-state index is 0.0984. The molecule has 178 valence electrons. The highest BCUT2D eigenvalue weighted by molar-refractivity contribution is 7.15. The maximum Gasteiger partial charge on any atom is 0.241 e. The number of piperazine rings is 1. The molecule has 0 aliphatic carbocycles. The van der Waals surface area contributed by atoms with E-state index in [4.69, 9.17) is 4.98 Å². The zero-order valence-corrected chi connectivity index (χ0v) is 21.2. The Bertz CT molecular complexity index is 1200. The molecule has 0 spiro atoms. The van der Waals surface area contributed by atoms with E-state index in [1.807, 2.05) is 4.90 Å². The second-order valence-corrected chi connectivity index (χ2v) is 10.5.